The molecule has 0 bridgehead atoms. The van der Waals surface area contributed by atoms with Crippen molar-refractivity contribution < 1.29 is 9.90 Å². The number of anilines is 1. The van der Waals surface area contributed by atoms with Crippen molar-refractivity contribution in [1.82, 2.24) is 0 Å². The average molecular weight is 408 g/mol. The Labute approximate surface area is 160 Å². The molecule has 2 N–H and O–H groups in total. The van der Waals surface area contributed by atoms with Crippen LogP contribution in [0.25, 0.3) is 0 Å². The van der Waals surface area contributed by atoms with Gasteiger partial charge in [-0.3, -0.25) is 4.79 Å². The first kappa shape index (κ1) is 17.0. The average Bonchev–Trinajstić information content (AvgIpc) is 2.96. The molecule has 1 heterocycles. The molecule has 0 aliphatic carbocycles. The summed E-state index contributed by atoms with van der Waals surface area (Å²) < 4.78 is 0.952. The number of ketones is 1. The molecule has 0 fully saturated rings. The summed E-state index contributed by atoms with van der Waals surface area (Å²) in [5.74, 6) is -0.00420. The molecule has 4 rings (SSSR count). The van der Waals surface area contributed by atoms with Gasteiger partial charge in [0.2, 0.25) is 0 Å². The Bertz CT molecular complexity index is 940. The van der Waals surface area contributed by atoms with E-state index in [1.807, 2.05) is 78.9 Å². The molecule has 0 saturated carbocycles. The number of hydrogen-bond acceptors (Lipinski definition) is 3. The van der Waals surface area contributed by atoms with Crippen molar-refractivity contribution in [2.45, 2.75) is 18.1 Å². The zero-order chi connectivity index (χ0) is 18.1. The maximum absolute atomic E-state index is 13.4. The van der Waals surface area contributed by atoms with Crippen LogP contribution < -0.4 is 5.32 Å². The Balaban J connectivity index is 1.76. The first-order chi connectivity index (χ1) is 12.6. The molecule has 4 heteroatoms. The zero-order valence-corrected chi connectivity index (χ0v) is 15.6. The molecule has 2 atom stereocenters. The lowest BCUT2D eigenvalue weighted by Crippen LogP contribution is -2.40. The summed E-state index contributed by atoms with van der Waals surface area (Å²) >= 11 is 3.41. The number of para-hydroxylation sites is 1. The van der Waals surface area contributed by atoms with Gasteiger partial charge in [-0.05, 0) is 35.4 Å². The van der Waals surface area contributed by atoms with Gasteiger partial charge in [0.15, 0.2) is 5.78 Å². The van der Waals surface area contributed by atoms with E-state index in [4.69, 9.17) is 0 Å². The van der Waals surface area contributed by atoms with E-state index < -0.39 is 11.6 Å². The van der Waals surface area contributed by atoms with Crippen molar-refractivity contribution in [3.63, 3.8) is 0 Å². The van der Waals surface area contributed by atoms with E-state index in [2.05, 4.69) is 21.2 Å². The zero-order valence-electron chi connectivity index (χ0n) is 14.0. The van der Waals surface area contributed by atoms with Gasteiger partial charge < -0.3 is 10.4 Å². The lowest BCUT2D eigenvalue weighted by Gasteiger charge is -2.31. The number of fused-ring (bicyclic) bond motifs is 1. The van der Waals surface area contributed by atoms with E-state index in [1.54, 1.807) is 0 Å². The summed E-state index contributed by atoms with van der Waals surface area (Å²) in [6, 6.07) is 24.7. The number of aliphatic hydroxyl groups excluding tert-OH is 1. The van der Waals surface area contributed by atoms with Gasteiger partial charge in [0.05, 0.1) is 6.10 Å². The molecule has 3 nitrogen and oxygen atoms in total. The lowest BCUT2D eigenvalue weighted by atomic mass is 9.80. The number of halogens is 1. The monoisotopic (exact) mass is 407 g/mol. The van der Waals surface area contributed by atoms with Crippen LogP contribution in [0, 0.1) is 0 Å². The maximum Gasteiger partial charge on any atom is 0.194 e. The Kier molecular flexibility index (Phi) is 4.39. The van der Waals surface area contributed by atoms with Crippen molar-refractivity contribution in [3.8, 4) is 0 Å². The number of nitrogens with one attached hydrogen (secondary N) is 1. The van der Waals surface area contributed by atoms with Crippen LogP contribution in [-0.2, 0) is 5.54 Å². The minimum Gasteiger partial charge on any atom is -0.388 e. The molecule has 0 amide bonds. The minimum atomic E-state index is -0.975. The van der Waals surface area contributed by atoms with Gasteiger partial charge in [0.1, 0.15) is 5.54 Å². The van der Waals surface area contributed by atoms with Gasteiger partial charge in [-0.2, -0.15) is 0 Å². The molecule has 1 aliphatic rings. The first-order valence-electron chi connectivity index (χ1n) is 8.51. The predicted molar refractivity (Wildman–Crippen MR) is 106 cm³/mol. The number of aliphatic hydroxyl groups is 1. The second-order valence-electron chi connectivity index (χ2n) is 6.54. The molecule has 0 spiro atoms. The Morgan fingerprint density at radius 1 is 0.923 bits per heavy atom. The molecule has 26 heavy (non-hydrogen) atoms. The summed E-state index contributed by atoms with van der Waals surface area (Å²) in [6.07, 6.45) is -0.513. The number of rotatable bonds is 4. The van der Waals surface area contributed by atoms with Gasteiger partial charge in [0, 0.05) is 22.1 Å². The van der Waals surface area contributed by atoms with Gasteiger partial charge >= 0.3 is 0 Å². The molecular formula is C22H18BrNO2. The summed E-state index contributed by atoms with van der Waals surface area (Å²) in [4.78, 5) is 13.4. The van der Waals surface area contributed by atoms with Crippen LogP contribution in [0.1, 0.15) is 34.0 Å². The van der Waals surface area contributed by atoms with Crippen LogP contribution in [0.5, 0.6) is 0 Å². The van der Waals surface area contributed by atoms with E-state index in [0.717, 1.165) is 21.3 Å². The number of carbonyl (C=O) groups excluding carboxylic acids is 1. The molecule has 130 valence electrons. The van der Waals surface area contributed by atoms with Crippen molar-refractivity contribution >= 4 is 27.4 Å². The quantitative estimate of drug-likeness (QED) is 0.633. The molecule has 3 aromatic rings. The summed E-state index contributed by atoms with van der Waals surface area (Å²) in [6.45, 7) is 0. The second kappa shape index (κ2) is 6.71. The number of Topliss-reactive ketones (excluding diaryl/α,β-unsaturated/α-hetero) is 1. The van der Waals surface area contributed by atoms with Gasteiger partial charge in [-0.25, -0.2) is 0 Å². The molecular weight excluding hydrogens is 390 g/mol. The normalized spacial score (nSPS) is 19.7. The molecule has 3 aromatic carbocycles. The maximum atomic E-state index is 13.4. The van der Waals surface area contributed by atoms with E-state index in [9.17, 15) is 9.90 Å². The van der Waals surface area contributed by atoms with Crippen molar-refractivity contribution in [2.75, 3.05) is 5.32 Å². The first-order valence-corrected chi connectivity index (χ1v) is 9.30. The Morgan fingerprint density at radius 3 is 2.27 bits per heavy atom. The molecule has 0 saturated heterocycles. The van der Waals surface area contributed by atoms with Crippen molar-refractivity contribution in [2.24, 2.45) is 0 Å². The van der Waals surface area contributed by atoms with Crippen LogP contribution in [0.15, 0.2) is 83.3 Å². The smallest absolute Gasteiger partial charge is 0.194 e. The minimum absolute atomic E-state index is 0.00420. The highest BCUT2D eigenvalue weighted by molar-refractivity contribution is 9.10. The van der Waals surface area contributed by atoms with Crippen LogP contribution >= 0.6 is 15.9 Å². The number of hydrogen-bond donors (Lipinski definition) is 2. The fourth-order valence-corrected chi connectivity index (χ4v) is 3.85. The number of carbonyl (C=O) groups is 1. The van der Waals surface area contributed by atoms with E-state index >= 15 is 0 Å². The van der Waals surface area contributed by atoms with Gasteiger partial charge in [-0.1, -0.05) is 70.5 Å². The topological polar surface area (TPSA) is 49.3 Å². The SMILES string of the molecule is O=C1c2ccccc2NC1(CC(O)c1ccc(Br)cc1)c1ccccc1. The van der Waals surface area contributed by atoms with Crippen LogP contribution in [0.2, 0.25) is 0 Å². The number of benzene rings is 3. The predicted octanol–water partition coefficient (Wildman–Crippen LogP) is 5.08. The lowest BCUT2D eigenvalue weighted by molar-refractivity contribution is 0.0823. The third-order valence-corrected chi connectivity index (χ3v) is 5.46. The summed E-state index contributed by atoms with van der Waals surface area (Å²) in [5, 5.41) is 14.3. The molecule has 0 aromatic heterocycles. The Hall–Kier alpha value is -2.43. The molecule has 2 unspecified atom stereocenters. The fraction of sp³-hybridized carbons (Fsp3) is 0.136. The standard InChI is InChI=1S/C22H18BrNO2/c23-17-12-10-15(11-13-17)20(25)14-22(16-6-2-1-3-7-16)21(26)18-8-4-5-9-19(18)24-22/h1-13,20,24-25H,14H2. The third-order valence-electron chi connectivity index (χ3n) is 4.93. The highest BCUT2D eigenvalue weighted by Crippen LogP contribution is 2.44. The largest absolute Gasteiger partial charge is 0.388 e. The molecule has 1 aliphatic heterocycles. The highest BCUT2D eigenvalue weighted by atomic mass is 79.9. The van der Waals surface area contributed by atoms with Gasteiger partial charge in [-0.15, -0.1) is 0 Å². The highest BCUT2D eigenvalue weighted by Gasteiger charge is 2.47. The van der Waals surface area contributed by atoms with Crippen LogP contribution in [0.3, 0.4) is 0 Å². The second-order valence-corrected chi connectivity index (χ2v) is 7.46. The van der Waals surface area contributed by atoms with E-state index in [0.29, 0.717) is 5.56 Å². The third kappa shape index (κ3) is 2.85. The van der Waals surface area contributed by atoms with Crippen molar-refractivity contribution in [1.29, 1.82) is 0 Å². The van der Waals surface area contributed by atoms with Gasteiger partial charge in [0.25, 0.3) is 0 Å². The molecule has 0 radical (unpaired) electrons. The summed E-state index contributed by atoms with van der Waals surface area (Å²) in [5.41, 5.74) is 2.15. The van der Waals surface area contributed by atoms with Crippen molar-refractivity contribution in [3.05, 3.63) is 100 Å². The van der Waals surface area contributed by atoms with E-state index in [1.165, 1.54) is 0 Å². The van der Waals surface area contributed by atoms with Crippen LogP contribution in [0.4, 0.5) is 5.69 Å². The summed E-state index contributed by atoms with van der Waals surface area (Å²) in [7, 11) is 0. The Morgan fingerprint density at radius 2 is 1.58 bits per heavy atom. The van der Waals surface area contributed by atoms with Crippen LogP contribution in [-0.4, -0.2) is 10.9 Å². The fourth-order valence-electron chi connectivity index (χ4n) is 3.59. The van der Waals surface area contributed by atoms with E-state index in [-0.39, 0.29) is 12.2 Å².